The zero-order valence-electron chi connectivity index (χ0n) is 14.8. The number of morpholine rings is 1. The van der Waals surface area contributed by atoms with Gasteiger partial charge in [0.25, 0.3) is 0 Å². The Morgan fingerprint density at radius 1 is 1.38 bits per heavy atom. The summed E-state index contributed by atoms with van der Waals surface area (Å²) < 4.78 is 43.6. The number of hydrogen-bond acceptors (Lipinski definition) is 5. The highest BCUT2D eigenvalue weighted by atomic mass is 19.4. The molecule has 1 aromatic heterocycles. The summed E-state index contributed by atoms with van der Waals surface area (Å²) >= 11 is 0. The standard InChI is InChI=1S/C17H23F3N4O2/c1-23(2)16(25)6-14-9-24-8-12(5-13(24)10-26-14)22-15-4-3-11(7-21-15)17(18,19)20/h3-4,7,12-14H,5-6,8-10H2,1-2H3,(H,21,22)/t12-,13+,14+/m1/s1. The minimum absolute atomic E-state index is 0.0382. The van der Waals surface area contributed by atoms with Crippen LogP contribution in [-0.4, -0.2) is 72.7 Å². The second kappa shape index (κ2) is 7.40. The largest absolute Gasteiger partial charge is 0.417 e. The Bertz CT molecular complexity index is 636. The third-order valence-corrected chi connectivity index (χ3v) is 4.83. The minimum atomic E-state index is -4.38. The lowest BCUT2D eigenvalue weighted by atomic mass is 10.1. The van der Waals surface area contributed by atoms with Crippen molar-refractivity contribution in [3.05, 3.63) is 23.9 Å². The molecule has 1 N–H and O–H groups in total. The normalized spacial score (nSPS) is 26.4. The predicted molar refractivity (Wildman–Crippen MR) is 89.7 cm³/mol. The second-order valence-corrected chi connectivity index (χ2v) is 7.06. The lowest BCUT2D eigenvalue weighted by Crippen LogP contribution is -2.47. The van der Waals surface area contributed by atoms with E-state index >= 15 is 0 Å². The molecule has 9 heteroatoms. The predicted octanol–water partition coefficient (Wildman–Crippen LogP) is 1.83. The molecular weight excluding hydrogens is 349 g/mol. The quantitative estimate of drug-likeness (QED) is 0.874. The van der Waals surface area contributed by atoms with Crippen molar-refractivity contribution in [3.63, 3.8) is 0 Å². The number of hydrogen-bond donors (Lipinski definition) is 1. The molecule has 2 aliphatic rings. The summed E-state index contributed by atoms with van der Waals surface area (Å²) in [5.41, 5.74) is -0.756. The van der Waals surface area contributed by atoms with E-state index in [1.165, 1.54) is 6.07 Å². The smallest absolute Gasteiger partial charge is 0.375 e. The molecule has 0 bridgehead atoms. The van der Waals surface area contributed by atoms with Crippen LogP contribution < -0.4 is 5.32 Å². The third kappa shape index (κ3) is 4.45. The number of carbonyl (C=O) groups excluding carboxylic acids is 1. The molecule has 1 aromatic rings. The molecule has 0 aliphatic carbocycles. The highest BCUT2D eigenvalue weighted by Crippen LogP contribution is 2.30. The van der Waals surface area contributed by atoms with Gasteiger partial charge in [0.2, 0.25) is 5.91 Å². The van der Waals surface area contributed by atoms with E-state index in [0.29, 0.717) is 25.4 Å². The molecule has 26 heavy (non-hydrogen) atoms. The topological polar surface area (TPSA) is 57.7 Å². The molecule has 144 valence electrons. The highest BCUT2D eigenvalue weighted by molar-refractivity contribution is 5.76. The van der Waals surface area contributed by atoms with Crippen LogP contribution in [0.3, 0.4) is 0 Å². The zero-order valence-corrected chi connectivity index (χ0v) is 14.8. The van der Waals surface area contributed by atoms with Crippen LogP contribution in [0.25, 0.3) is 0 Å². The van der Waals surface area contributed by atoms with Crippen molar-refractivity contribution in [2.45, 2.75) is 37.2 Å². The Morgan fingerprint density at radius 2 is 2.15 bits per heavy atom. The van der Waals surface area contributed by atoms with Crippen LogP contribution in [0, 0.1) is 0 Å². The van der Waals surface area contributed by atoms with Crippen LogP contribution in [0.15, 0.2) is 18.3 Å². The molecule has 0 spiro atoms. The molecule has 2 saturated heterocycles. The summed E-state index contributed by atoms with van der Waals surface area (Å²) in [7, 11) is 3.45. The molecule has 0 saturated carbocycles. The molecule has 3 rings (SSSR count). The molecule has 0 aromatic carbocycles. The maximum atomic E-state index is 12.6. The average Bonchev–Trinajstić information content (AvgIpc) is 2.95. The molecule has 0 radical (unpaired) electrons. The Hall–Kier alpha value is -1.87. The van der Waals surface area contributed by atoms with Crippen LogP contribution in [-0.2, 0) is 15.7 Å². The van der Waals surface area contributed by atoms with Crippen molar-refractivity contribution in [2.24, 2.45) is 0 Å². The number of amides is 1. The Kier molecular flexibility index (Phi) is 5.38. The first-order valence-electron chi connectivity index (χ1n) is 8.58. The maximum Gasteiger partial charge on any atom is 0.417 e. The fourth-order valence-electron chi connectivity index (χ4n) is 3.40. The van der Waals surface area contributed by atoms with E-state index in [9.17, 15) is 18.0 Å². The van der Waals surface area contributed by atoms with E-state index in [-0.39, 0.29) is 24.1 Å². The van der Waals surface area contributed by atoms with Gasteiger partial charge in [0, 0.05) is 45.5 Å². The Balaban J connectivity index is 1.53. The summed E-state index contributed by atoms with van der Waals surface area (Å²) in [4.78, 5) is 19.5. The maximum absolute atomic E-state index is 12.6. The van der Waals surface area contributed by atoms with Gasteiger partial charge >= 0.3 is 6.18 Å². The summed E-state index contributed by atoms with van der Waals surface area (Å²) in [6, 6.07) is 2.74. The van der Waals surface area contributed by atoms with Gasteiger partial charge in [0.15, 0.2) is 0 Å². The van der Waals surface area contributed by atoms with Gasteiger partial charge in [-0.05, 0) is 18.6 Å². The number of fused-ring (bicyclic) bond motifs is 1. The van der Waals surface area contributed by atoms with Crippen LogP contribution >= 0.6 is 0 Å². The van der Waals surface area contributed by atoms with Crippen LogP contribution in [0.5, 0.6) is 0 Å². The fraction of sp³-hybridized carbons (Fsp3) is 0.647. The van der Waals surface area contributed by atoms with Gasteiger partial charge in [-0.2, -0.15) is 13.2 Å². The van der Waals surface area contributed by atoms with E-state index in [1.54, 1.807) is 19.0 Å². The van der Waals surface area contributed by atoms with E-state index < -0.39 is 11.7 Å². The SMILES string of the molecule is CN(C)C(=O)C[C@H]1CN2C[C@H](Nc3ccc(C(F)(F)F)cn3)C[C@H]2CO1. The van der Waals surface area contributed by atoms with E-state index in [4.69, 9.17) is 4.74 Å². The number of ether oxygens (including phenoxy) is 1. The Morgan fingerprint density at radius 3 is 2.77 bits per heavy atom. The van der Waals surface area contributed by atoms with Gasteiger partial charge in [-0.1, -0.05) is 0 Å². The number of aromatic nitrogens is 1. The van der Waals surface area contributed by atoms with Gasteiger partial charge < -0.3 is 15.0 Å². The van der Waals surface area contributed by atoms with E-state index in [2.05, 4.69) is 15.2 Å². The van der Waals surface area contributed by atoms with Crippen molar-refractivity contribution < 1.29 is 22.7 Å². The molecule has 2 aliphatic heterocycles. The van der Waals surface area contributed by atoms with Crippen LogP contribution in [0.2, 0.25) is 0 Å². The molecular formula is C17H23F3N4O2. The summed E-state index contributed by atoms with van der Waals surface area (Å²) in [5, 5.41) is 3.20. The first kappa shape index (κ1) is 18.9. The number of alkyl halides is 3. The summed E-state index contributed by atoms with van der Waals surface area (Å²) in [6.07, 6.45) is -2.47. The van der Waals surface area contributed by atoms with Crippen LogP contribution in [0.1, 0.15) is 18.4 Å². The van der Waals surface area contributed by atoms with Gasteiger partial charge in [-0.3, -0.25) is 9.69 Å². The number of rotatable bonds is 4. The third-order valence-electron chi connectivity index (χ3n) is 4.83. The first-order chi connectivity index (χ1) is 12.2. The number of pyridine rings is 1. The molecule has 6 nitrogen and oxygen atoms in total. The number of nitrogens with zero attached hydrogens (tertiary/aromatic N) is 3. The lowest BCUT2D eigenvalue weighted by Gasteiger charge is -2.35. The van der Waals surface area contributed by atoms with Crippen LogP contribution in [0.4, 0.5) is 19.0 Å². The molecule has 1 amide bonds. The van der Waals surface area contributed by atoms with Gasteiger partial charge in [-0.25, -0.2) is 4.98 Å². The number of carbonyl (C=O) groups is 1. The van der Waals surface area contributed by atoms with Crippen molar-refractivity contribution in [1.82, 2.24) is 14.8 Å². The van der Waals surface area contributed by atoms with Gasteiger partial charge in [0.1, 0.15) is 5.82 Å². The van der Waals surface area contributed by atoms with Gasteiger partial charge in [0.05, 0.1) is 24.7 Å². The average molecular weight is 372 g/mol. The van der Waals surface area contributed by atoms with E-state index in [0.717, 1.165) is 25.2 Å². The van der Waals surface area contributed by atoms with Crippen molar-refractivity contribution >= 4 is 11.7 Å². The molecule has 3 atom stereocenters. The van der Waals surface area contributed by atoms with Crippen molar-refractivity contribution in [1.29, 1.82) is 0 Å². The number of halogens is 3. The fourth-order valence-corrected chi connectivity index (χ4v) is 3.40. The monoisotopic (exact) mass is 372 g/mol. The van der Waals surface area contributed by atoms with Crippen molar-refractivity contribution in [3.8, 4) is 0 Å². The second-order valence-electron chi connectivity index (χ2n) is 7.06. The van der Waals surface area contributed by atoms with E-state index in [1.807, 2.05) is 0 Å². The lowest BCUT2D eigenvalue weighted by molar-refractivity contribution is -0.138. The number of anilines is 1. The zero-order chi connectivity index (χ0) is 18.9. The summed E-state index contributed by atoms with van der Waals surface area (Å²) in [5.74, 6) is 0.472. The first-order valence-corrected chi connectivity index (χ1v) is 8.58. The highest BCUT2D eigenvalue weighted by Gasteiger charge is 2.38. The minimum Gasteiger partial charge on any atom is -0.375 e. The molecule has 3 heterocycles. The van der Waals surface area contributed by atoms with Crippen molar-refractivity contribution in [2.75, 3.05) is 39.1 Å². The molecule has 0 unspecified atom stereocenters. The number of nitrogens with one attached hydrogen (secondary N) is 1. The molecule has 2 fully saturated rings. The summed E-state index contributed by atoms with van der Waals surface area (Å²) in [6.45, 7) is 2.00. The van der Waals surface area contributed by atoms with Gasteiger partial charge in [-0.15, -0.1) is 0 Å². The Labute approximate surface area is 150 Å².